The van der Waals surface area contributed by atoms with Gasteiger partial charge in [0.1, 0.15) is 5.57 Å². The van der Waals surface area contributed by atoms with E-state index in [-0.39, 0.29) is 23.5 Å². The Balaban J connectivity index is 1.09. The summed E-state index contributed by atoms with van der Waals surface area (Å²) in [7, 11) is 0. The number of ether oxygens (including phenoxy) is 2. The van der Waals surface area contributed by atoms with Crippen LogP contribution in [0.15, 0.2) is 70.7 Å². The van der Waals surface area contributed by atoms with Crippen LogP contribution in [-0.4, -0.2) is 37.0 Å². The van der Waals surface area contributed by atoms with Crippen molar-refractivity contribution in [1.82, 2.24) is 5.32 Å². The smallest absolute Gasteiger partial charge is 0.335 e. The van der Waals surface area contributed by atoms with E-state index in [1.54, 1.807) is 12.1 Å². The fourth-order valence-corrected chi connectivity index (χ4v) is 9.11. The fourth-order valence-electron chi connectivity index (χ4n) is 8.53. The number of aryl methyl sites for hydroxylation is 1. The minimum Gasteiger partial charge on any atom is -0.490 e. The second-order valence-electron chi connectivity index (χ2n) is 13.7. The van der Waals surface area contributed by atoms with Gasteiger partial charge in [0.2, 0.25) is 0 Å². The topological polar surface area (TPSA) is 114 Å². The molecule has 5 aliphatic rings. The molecule has 0 atom stereocenters. The van der Waals surface area contributed by atoms with Gasteiger partial charge in [-0.3, -0.25) is 19.7 Å². The number of anilines is 2. The predicted molar refractivity (Wildman–Crippen MR) is 186 cm³/mol. The highest BCUT2D eigenvalue weighted by atomic mass is 79.9. The number of rotatable bonds is 9. The molecule has 4 saturated carbocycles. The van der Waals surface area contributed by atoms with Crippen molar-refractivity contribution >= 4 is 57.1 Å². The zero-order valence-corrected chi connectivity index (χ0v) is 28.6. The van der Waals surface area contributed by atoms with E-state index in [0.717, 1.165) is 28.2 Å². The molecule has 1 heterocycles. The Morgan fingerprint density at radius 1 is 0.958 bits per heavy atom. The Morgan fingerprint density at radius 3 is 2.23 bits per heavy atom. The first-order valence-electron chi connectivity index (χ1n) is 16.6. The van der Waals surface area contributed by atoms with Crippen LogP contribution >= 0.6 is 15.9 Å². The lowest BCUT2D eigenvalue weighted by Gasteiger charge is -2.57. The molecule has 10 heteroatoms. The number of urea groups is 1. The molecule has 3 aromatic rings. The first-order valence-corrected chi connectivity index (χ1v) is 17.4. The average molecular weight is 713 g/mol. The lowest BCUT2D eigenvalue weighted by Crippen LogP contribution is -2.54. The van der Waals surface area contributed by atoms with E-state index >= 15 is 0 Å². The van der Waals surface area contributed by atoms with Crippen molar-refractivity contribution in [3.05, 3.63) is 87.4 Å². The molecule has 1 saturated heterocycles. The Morgan fingerprint density at radius 2 is 1.60 bits per heavy atom. The summed E-state index contributed by atoms with van der Waals surface area (Å²) in [5.74, 6) is 1.18. The number of hydrogen-bond donors (Lipinski definition) is 2. The molecule has 48 heavy (non-hydrogen) atoms. The van der Waals surface area contributed by atoms with Gasteiger partial charge in [0.15, 0.2) is 18.1 Å². The molecule has 3 aromatic carbocycles. The molecule has 9 nitrogen and oxygen atoms in total. The van der Waals surface area contributed by atoms with Crippen LogP contribution < -0.4 is 25.0 Å². The lowest BCUT2D eigenvalue weighted by molar-refractivity contribution is -0.122. The Labute approximate surface area is 288 Å². The van der Waals surface area contributed by atoms with Gasteiger partial charge in [0, 0.05) is 5.69 Å². The van der Waals surface area contributed by atoms with Crippen LogP contribution in [0.25, 0.3) is 6.08 Å². The van der Waals surface area contributed by atoms with Gasteiger partial charge in [-0.25, -0.2) is 9.69 Å². The molecule has 0 unspecified atom stereocenters. The molecule has 8 rings (SSSR count). The number of benzene rings is 3. The normalized spacial score (nSPS) is 25.3. The maximum atomic E-state index is 13.7. The maximum absolute atomic E-state index is 13.7. The highest BCUT2D eigenvalue weighted by molar-refractivity contribution is 9.10. The standard InChI is InChI=1S/C38H38BrN3O6/c1-3-47-32-17-23(16-31(39)34(32)48-21-33(43)40-28-8-4-22(2)5-9-28)15-30-35(44)41-37(46)42(36(30)45)29-10-6-27(7-11-29)38-18-24-12-25(19-38)14-26(13-24)20-38/h4-11,15-17,24-26H,3,12-14,18-21H2,1-2H3,(H,40,43)(H,41,44,46)/b30-15+. The van der Waals surface area contributed by atoms with Gasteiger partial charge in [-0.15, -0.1) is 0 Å². The second kappa shape index (κ2) is 12.9. The summed E-state index contributed by atoms with van der Waals surface area (Å²) in [6.45, 7) is 3.81. The summed E-state index contributed by atoms with van der Waals surface area (Å²) in [5.41, 5.74) is 3.89. The number of carbonyl (C=O) groups excluding carboxylic acids is 4. The van der Waals surface area contributed by atoms with E-state index in [1.165, 1.54) is 50.2 Å². The first kappa shape index (κ1) is 32.1. The molecule has 5 fully saturated rings. The van der Waals surface area contributed by atoms with E-state index in [1.807, 2.05) is 50.2 Å². The molecule has 2 N–H and O–H groups in total. The molecule has 5 amide bonds. The van der Waals surface area contributed by atoms with Crippen molar-refractivity contribution in [2.75, 3.05) is 23.4 Å². The quantitative estimate of drug-likeness (QED) is 0.178. The van der Waals surface area contributed by atoms with E-state index in [0.29, 0.717) is 39.5 Å². The van der Waals surface area contributed by atoms with Crippen LogP contribution in [0.2, 0.25) is 0 Å². The van der Waals surface area contributed by atoms with E-state index in [9.17, 15) is 19.2 Å². The van der Waals surface area contributed by atoms with Gasteiger partial charge in [0.25, 0.3) is 17.7 Å². The third-order valence-electron chi connectivity index (χ3n) is 10.2. The number of amides is 5. The summed E-state index contributed by atoms with van der Waals surface area (Å²) < 4.78 is 12.1. The molecule has 4 bridgehead atoms. The van der Waals surface area contributed by atoms with Crippen LogP contribution in [-0.2, 0) is 19.8 Å². The molecule has 4 aliphatic carbocycles. The zero-order chi connectivity index (χ0) is 33.6. The zero-order valence-electron chi connectivity index (χ0n) is 27.0. The number of nitrogens with zero attached hydrogens (tertiary/aromatic N) is 1. The third-order valence-corrected chi connectivity index (χ3v) is 10.8. The van der Waals surface area contributed by atoms with E-state index in [4.69, 9.17) is 9.47 Å². The number of carbonyl (C=O) groups is 4. The van der Waals surface area contributed by atoms with E-state index in [2.05, 4.69) is 38.7 Å². The Hall–Kier alpha value is -4.44. The number of imide groups is 2. The molecule has 0 spiro atoms. The van der Waals surface area contributed by atoms with Crippen molar-refractivity contribution in [3.63, 3.8) is 0 Å². The van der Waals surface area contributed by atoms with Gasteiger partial charge < -0.3 is 14.8 Å². The molecular formula is C38H38BrN3O6. The van der Waals surface area contributed by atoms with Crippen molar-refractivity contribution < 1.29 is 28.7 Å². The Kier molecular flexibility index (Phi) is 8.62. The van der Waals surface area contributed by atoms with Crippen LogP contribution in [0.3, 0.4) is 0 Å². The average Bonchev–Trinajstić information content (AvgIpc) is 3.03. The van der Waals surface area contributed by atoms with Crippen molar-refractivity contribution in [1.29, 1.82) is 0 Å². The molecular weight excluding hydrogens is 674 g/mol. The van der Waals surface area contributed by atoms with Crippen LogP contribution in [0.4, 0.5) is 16.2 Å². The minimum atomic E-state index is -0.784. The SMILES string of the molecule is CCOc1cc(/C=C2\C(=O)NC(=O)N(c3ccc(C45CC6CC(CC(C6)C4)C5)cc3)C2=O)cc(Br)c1OCC(=O)Nc1ccc(C)cc1. The second-order valence-corrected chi connectivity index (χ2v) is 14.5. The molecule has 248 valence electrons. The molecule has 0 aromatic heterocycles. The lowest BCUT2D eigenvalue weighted by atomic mass is 9.48. The highest BCUT2D eigenvalue weighted by Crippen LogP contribution is 2.60. The summed E-state index contributed by atoms with van der Waals surface area (Å²) in [4.78, 5) is 53.3. The van der Waals surface area contributed by atoms with Crippen LogP contribution in [0, 0.1) is 24.7 Å². The third kappa shape index (κ3) is 6.25. The van der Waals surface area contributed by atoms with Crippen molar-refractivity contribution in [2.45, 2.75) is 57.8 Å². The molecule has 0 radical (unpaired) electrons. The number of hydrogen-bond acceptors (Lipinski definition) is 6. The van der Waals surface area contributed by atoms with Crippen molar-refractivity contribution in [2.24, 2.45) is 17.8 Å². The Bertz CT molecular complexity index is 1780. The number of nitrogens with one attached hydrogen (secondary N) is 2. The summed E-state index contributed by atoms with van der Waals surface area (Å²) in [6, 6.07) is 17.7. The van der Waals surface area contributed by atoms with Crippen molar-refractivity contribution in [3.8, 4) is 11.5 Å². The van der Waals surface area contributed by atoms with Crippen LogP contribution in [0.5, 0.6) is 11.5 Å². The number of halogens is 1. The van der Waals surface area contributed by atoms with Crippen LogP contribution in [0.1, 0.15) is 62.1 Å². The van der Waals surface area contributed by atoms with Gasteiger partial charge >= 0.3 is 6.03 Å². The van der Waals surface area contributed by atoms with E-state index < -0.39 is 17.8 Å². The van der Waals surface area contributed by atoms with Gasteiger partial charge in [-0.2, -0.15) is 0 Å². The predicted octanol–water partition coefficient (Wildman–Crippen LogP) is 7.31. The van der Waals surface area contributed by atoms with Gasteiger partial charge in [-0.05, 0) is 145 Å². The summed E-state index contributed by atoms with van der Waals surface area (Å²) in [5, 5.41) is 5.12. The summed E-state index contributed by atoms with van der Waals surface area (Å²) in [6.07, 6.45) is 9.13. The largest absolute Gasteiger partial charge is 0.490 e. The molecule has 1 aliphatic heterocycles. The van der Waals surface area contributed by atoms with Gasteiger partial charge in [0.05, 0.1) is 16.8 Å². The van der Waals surface area contributed by atoms with Gasteiger partial charge in [-0.1, -0.05) is 29.8 Å². The number of barbiturate groups is 1. The minimum absolute atomic E-state index is 0.189. The highest BCUT2D eigenvalue weighted by Gasteiger charge is 2.51. The summed E-state index contributed by atoms with van der Waals surface area (Å²) >= 11 is 3.49. The maximum Gasteiger partial charge on any atom is 0.335 e. The monoisotopic (exact) mass is 711 g/mol. The first-order chi connectivity index (χ1) is 23.1. The fraction of sp³-hybridized carbons (Fsp3) is 0.368.